The molecule has 6 rings (SSSR count). The standard InChI is InChI=1S/C26H21NO7/c1-29-17-3-5-18(6-4-17)34-24-13-30-26-19(25(24)28)7-9-21-20(26)12-27(14-31-21)11-16-2-8-22-23(10-16)33-15-32-22/h2-10,13H,11-12,14-15H2,1H3. The molecule has 3 heterocycles. The smallest absolute Gasteiger partial charge is 0.235 e. The topological polar surface area (TPSA) is 79.6 Å². The van der Waals surface area contributed by atoms with Crippen LogP contribution in [0.15, 0.2) is 70.1 Å². The third-order valence-corrected chi connectivity index (χ3v) is 5.88. The molecule has 8 nitrogen and oxygen atoms in total. The molecular formula is C26H21NO7. The fraction of sp³-hybridized carbons (Fsp3) is 0.192. The van der Waals surface area contributed by atoms with Crippen molar-refractivity contribution in [2.24, 2.45) is 0 Å². The molecule has 0 fully saturated rings. The lowest BCUT2D eigenvalue weighted by Gasteiger charge is -2.29. The van der Waals surface area contributed by atoms with E-state index in [-0.39, 0.29) is 18.0 Å². The van der Waals surface area contributed by atoms with E-state index >= 15 is 0 Å². The van der Waals surface area contributed by atoms with Crippen LogP contribution >= 0.6 is 0 Å². The van der Waals surface area contributed by atoms with Crippen LogP contribution in [-0.4, -0.2) is 25.5 Å². The van der Waals surface area contributed by atoms with Gasteiger partial charge in [-0.05, 0) is 54.1 Å². The van der Waals surface area contributed by atoms with E-state index in [0.717, 1.165) is 22.6 Å². The summed E-state index contributed by atoms with van der Waals surface area (Å²) in [5, 5.41) is 0.443. The van der Waals surface area contributed by atoms with E-state index in [1.165, 1.54) is 6.26 Å². The SMILES string of the molecule is COc1ccc(Oc2coc3c4c(ccc3c2=O)OCN(Cc2ccc3c(c2)OCO3)C4)cc1. The summed E-state index contributed by atoms with van der Waals surface area (Å²) in [7, 11) is 1.59. The second-order valence-corrected chi connectivity index (χ2v) is 8.07. The second-order valence-electron chi connectivity index (χ2n) is 8.07. The summed E-state index contributed by atoms with van der Waals surface area (Å²) in [5.41, 5.74) is 2.17. The number of benzene rings is 3. The summed E-state index contributed by atoms with van der Waals surface area (Å²) in [4.78, 5) is 15.3. The fourth-order valence-corrected chi connectivity index (χ4v) is 4.18. The van der Waals surface area contributed by atoms with Crippen LogP contribution in [0.25, 0.3) is 11.0 Å². The molecule has 34 heavy (non-hydrogen) atoms. The van der Waals surface area contributed by atoms with Gasteiger partial charge in [0.25, 0.3) is 0 Å². The van der Waals surface area contributed by atoms with Crippen LogP contribution in [0.1, 0.15) is 11.1 Å². The van der Waals surface area contributed by atoms with Gasteiger partial charge < -0.3 is 28.1 Å². The lowest BCUT2D eigenvalue weighted by Crippen LogP contribution is -2.31. The number of hydrogen-bond acceptors (Lipinski definition) is 8. The summed E-state index contributed by atoms with van der Waals surface area (Å²) < 4.78 is 33.7. The van der Waals surface area contributed by atoms with E-state index in [1.54, 1.807) is 37.4 Å². The highest BCUT2D eigenvalue weighted by Gasteiger charge is 2.24. The first-order valence-corrected chi connectivity index (χ1v) is 10.8. The van der Waals surface area contributed by atoms with Crippen molar-refractivity contribution in [1.29, 1.82) is 0 Å². The van der Waals surface area contributed by atoms with Crippen molar-refractivity contribution in [3.8, 4) is 34.5 Å². The van der Waals surface area contributed by atoms with Gasteiger partial charge in [-0.2, -0.15) is 0 Å². The maximum Gasteiger partial charge on any atom is 0.235 e. The van der Waals surface area contributed by atoms with Crippen LogP contribution in [0.3, 0.4) is 0 Å². The molecule has 0 amide bonds. The van der Waals surface area contributed by atoms with Gasteiger partial charge in [-0.25, -0.2) is 0 Å². The maximum atomic E-state index is 13.1. The summed E-state index contributed by atoms with van der Waals surface area (Å²) in [6.07, 6.45) is 1.35. The number of fused-ring (bicyclic) bond motifs is 4. The average Bonchev–Trinajstić information content (AvgIpc) is 3.34. The lowest BCUT2D eigenvalue weighted by atomic mass is 10.1. The average molecular weight is 459 g/mol. The van der Waals surface area contributed by atoms with Crippen LogP contribution in [0.2, 0.25) is 0 Å². The van der Waals surface area contributed by atoms with Gasteiger partial charge in [0.05, 0.1) is 18.1 Å². The van der Waals surface area contributed by atoms with Gasteiger partial charge in [0.15, 0.2) is 11.5 Å². The highest BCUT2D eigenvalue weighted by molar-refractivity contribution is 5.83. The predicted octanol–water partition coefficient (Wildman–Crippen LogP) is 4.67. The van der Waals surface area contributed by atoms with Crippen molar-refractivity contribution in [1.82, 2.24) is 4.90 Å². The Kier molecular flexibility index (Phi) is 5.00. The van der Waals surface area contributed by atoms with Crippen LogP contribution in [0.4, 0.5) is 0 Å². The summed E-state index contributed by atoms with van der Waals surface area (Å²) in [6, 6.07) is 16.4. The summed E-state index contributed by atoms with van der Waals surface area (Å²) in [5.74, 6) is 3.55. The zero-order valence-corrected chi connectivity index (χ0v) is 18.4. The Morgan fingerprint density at radius 1 is 0.912 bits per heavy atom. The van der Waals surface area contributed by atoms with Gasteiger partial charge in [-0.15, -0.1) is 0 Å². The number of hydrogen-bond donors (Lipinski definition) is 0. The molecule has 0 bridgehead atoms. The van der Waals surface area contributed by atoms with Crippen molar-refractivity contribution < 1.29 is 28.1 Å². The van der Waals surface area contributed by atoms with Crippen LogP contribution in [0, 0.1) is 0 Å². The zero-order chi connectivity index (χ0) is 23.1. The minimum atomic E-state index is -0.243. The normalized spacial score (nSPS) is 14.5. The Morgan fingerprint density at radius 2 is 1.71 bits per heavy atom. The molecule has 0 N–H and O–H groups in total. The first kappa shape index (κ1) is 20.4. The molecule has 0 radical (unpaired) electrons. The van der Waals surface area contributed by atoms with Crippen LogP contribution in [-0.2, 0) is 13.1 Å². The molecule has 0 aliphatic carbocycles. The molecule has 1 aromatic heterocycles. The first-order chi connectivity index (χ1) is 16.7. The quantitative estimate of drug-likeness (QED) is 0.426. The molecular weight excluding hydrogens is 438 g/mol. The van der Waals surface area contributed by atoms with E-state index in [4.69, 9.17) is 28.1 Å². The largest absolute Gasteiger partial charge is 0.497 e. The van der Waals surface area contributed by atoms with Gasteiger partial charge in [0.2, 0.25) is 18.0 Å². The Hall–Kier alpha value is -4.17. The number of ether oxygens (including phenoxy) is 5. The monoisotopic (exact) mass is 459 g/mol. The van der Waals surface area contributed by atoms with Crippen molar-refractivity contribution in [3.63, 3.8) is 0 Å². The van der Waals surface area contributed by atoms with Crippen molar-refractivity contribution >= 4 is 11.0 Å². The Labute approximate surface area is 194 Å². The number of rotatable bonds is 5. The molecule has 3 aromatic carbocycles. The molecule has 2 aliphatic heterocycles. The Bertz CT molecular complexity index is 1430. The predicted molar refractivity (Wildman–Crippen MR) is 123 cm³/mol. The number of nitrogens with zero attached hydrogens (tertiary/aromatic N) is 1. The minimum absolute atomic E-state index is 0.117. The number of methoxy groups -OCH3 is 1. The molecule has 0 saturated carbocycles. The highest BCUT2D eigenvalue weighted by atomic mass is 16.7. The second kappa shape index (κ2) is 8.31. The minimum Gasteiger partial charge on any atom is -0.497 e. The van der Waals surface area contributed by atoms with Crippen LogP contribution in [0.5, 0.6) is 34.5 Å². The van der Waals surface area contributed by atoms with Gasteiger partial charge in [-0.3, -0.25) is 9.69 Å². The molecule has 4 aromatic rings. The molecule has 2 aliphatic rings. The van der Waals surface area contributed by atoms with Crippen molar-refractivity contribution in [2.45, 2.75) is 13.1 Å². The lowest BCUT2D eigenvalue weighted by molar-refractivity contribution is 0.0889. The van der Waals surface area contributed by atoms with Gasteiger partial charge >= 0.3 is 0 Å². The van der Waals surface area contributed by atoms with Crippen molar-refractivity contribution in [2.75, 3.05) is 20.6 Å². The fourth-order valence-electron chi connectivity index (χ4n) is 4.18. The zero-order valence-electron chi connectivity index (χ0n) is 18.4. The molecule has 0 atom stereocenters. The third kappa shape index (κ3) is 3.68. The summed E-state index contributed by atoms with van der Waals surface area (Å²) >= 11 is 0. The molecule has 0 spiro atoms. The molecule has 0 saturated heterocycles. The van der Waals surface area contributed by atoms with Gasteiger partial charge in [0.1, 0.15) is 35.8 Å². The Balaban J connectivity index is 1.27. The van der Waals surface area contributed by atoms with E-state index in [9.17, 15) is 4.79 Å². The van der Waals surface area contributed by atoms with Crippen molar-refractivity contribution in [3.05, 3.63) is 82.2 Å². The maximum absolute atomic E-state index is 13.1. The van der Waals surface area contributed by atoms with Gasteiger partial charge in [0, 0.05) is 13.1 Å². The van der Waals surface area contributed by atoms with E-state index < -0.39 is 0 Å². The molecule has 8 heteroatoms. The van der Waals surface area contributed by atoms with Gasteiger partial charge in [-0.1, -0.05) is 6.07 Å². The Morgan fingerprint density at radius 3 is 2.56 bits per heavy atom. The molecule has 0 unspecified atom stereocenters. The highest BCUT2D eigenvalue weighted by Crippen LogP contribution is 2.35. The van der Waals surface area contributed by atoms with E-state index in [0.29, 0.717) is 48.0 Å². The first-order valence-electron chi connectivity index (χ1n) is 10.8. The van der Waals surface area contributed by atoms with Crippen LogP contribution < -0.4 is 29.1 Å². The third-order valence-electron chi connectivity index (χ3n) is 5.88. The summed E-state index contributed by atoms with van der Waals surface area (Å²) in [6.45, 7) is 1.89. The van der Waals surface area contributed by atoms with E-state index in [2.05, 4.69) is 4.90 Å². The molecule has 172 valence electrons. The van der Waals surface area contributed by atoms with E-state index in [1.807, 2.05) is 24.3 Å².